The van der Waals surface area contributed by atoms with Gasteiger partial charge in [0, 0.05) is 29.9 Å². The molecule has 2 fully saturated rings. The lowest BCUT2D eigenvalue weighted by molar-refractivity contribution is 0.0876. The van der Waals surface area contributed by atoms with Crippen LogP contribution in [0.5, 0.6) is 0 Å². The van der Waals surface area contributed by atoms with Crippen LogP contribution in [0.2, 0.25) is 0 Å². The minimum Gasteiger partial charge on any atom is -0.357 e. The molecule has 2 aliphatic rings. The Bertz CT molecular complexity index is 519. The van der Waals surface area contributed by atoms with Crippen LogP contribution in [0.3, 0.4) is 0 Å². The second-order valence-corrected chi connectivity index (χ2v) is 5.19. The van der Waals surface area contributed by atoms with Gasteiger partial charge in [0.1, 0.15) is 5.69 Å². The van der Waals surface area contributed by atoms with E-state index in [2.05, 4.69) is 15.6 Å². The zero-order valence-electron chi connectivity index (χ0n) is 10.2. The fourth-order valence-corrected chi connectivity index (χ4v) is 2.97. The molecule has 1 saturated carbocycles. The molecule has 18 heavy (non-hydrogen) atoms. The Morgan fingerprint density at radius 2 is 2.28 bits per heavy atom. The Morgan fingerprint density at radius 3 is 2.94 bits per heavy atom. The van der Waals surface area contributed by atoms with Gasteiger partial charge < -0.3 is 15.6 Å². The van der Waals surface area contributed by atoms with Crippen molar-refractivity contribution in [1.29, 1.82) is 0 Å². The molecule has 3 N–H and O–H groups in total. The van der Waals surface area contributed by atoms with Crippen LogP contribution in [0.1, 0.15) is 36.2 Å². The van der Waals surface area contributed by atoms with Gasteiger partial charge in [0.05, 0.1) is 0 Å². The molecule has 1 unspecified atom stereocenters. The van der Waals surface area contributed by atoms with Crippen LogP contribution < -0.4 is 16.1 Å². The summed E-state index contributed by atoms with van der Waals surface area (Å²) in [7, 11) is 0. The largest absolute Gasteiger partial charge is 0.357 e. The summed E-state index contributed by atoms with van der Waals surface area (Å²) in [6, 6.07) is 2.93. The molecule has 1 aromatic heterocycles. The maximum Gasteiger partial charge on any atom is 0.268 e. The van der Waals surface area contributed by atoms with Gasteiger partial charge in [-0.1, -0.05) is 0 Å². The Kier molecular flexibility index (Phi) is 2.70. The van der Waals surface area contributed by atoms with E-state index < -0.39 is 0 Å². The van der Waals surface area contributed by atoms with E-state index in [-0.39, 0.29) is 22.9 Å². The van der Waals surface area contributed by atoms with Crippen LogP contribution in [0.25, 0.3) is 0 Å². The predicted molar refractivity (Wildman–Crippen MR) is 67.5 cm³/mol. The average molecular weight is 247 g/mol. The van der Waals surface area contributed by atoms with Crippen molar-refractivity contribution in [2.24, 2.45) is 0 Å². The van der Waals surface area contributed by atoms with Crippen LogP contribution >= 0.6 is 0 Å². The van der Waals surface area contributed by atoms with Crippen LogP contribution in [0.4, 0.5) is 0 Å². The van der Waals surface area contributed by atoms with E-state index in [0.29, 0.717) is 5.69 Å². The minimum atomic E-state index is -0.187. The summed E-state index contributed by atoms with van der Waals surface area (Å²) in [6.45, 7) is 0.955. The van der Waals surface area contributed by atoms with Gasteiger partial charge in [-0.25, -0.2) is 0 Å². The number of hydrogen-bond donors (Lipinski definition) is 3. The van der Waals surface area contributed by atoms with E-state index in [1.807, 2.05) is 0 Å². The van der Waals surface area contributed by atoms with Crippen molar-refractivity contribution in [3.8, 4) is 0 Å². The third-order valence-electron chi connectivity index (χ3n) is 4.15. The number of hydrogen-bond acceptors (Lipinski definition) is 3. The number of carbonyl (C=O) groups is 1. The van der Waals surface area contributed by atoms with Gasteiger partial charge in [-0.3, -0.25) is 9.59 Å². The molecule has 0 radical (unpaired) electrons. The number of carbonyl (C=O) groups excluding carboxylic acids is 1. The number of H-pyrrole nitrogens is 1. The van der Waals surface area contributed by atoms with Crippen molar-refractivity contribution in [3.05, 3.63) is 34.2 Å². The maximum absolute atomic E-state index is 12.1. The number of aromatic nitrogens is 1. The maximum atomic E-state index is 12.1. The molecule has 0 aromatic carbocycles. The molecule has 1 atom stereocenters. The van der Waals surface area contributed by atoms with Gasteiger partial charge in [0.2, 0.25) is 0 Å². The molecular formula is C13H17N3O2. The topological polar surface area (TPSA) is 74.0 Å². The Balaban J connectivity index is 1.73. The van der Waals surface area contributed by atoms with Crippen molar-refractivity contribution in [2.75, 3.05) is 6.54 Å². The van der Waals surface area contributed by atoms with Gasteiger partial charge in [-0.2, -0.15) is 0 Å². The molecule has 1 aliphatic heterocycles. The van der Waals surface area contributed by atoms with E-state index in [4.69, 9.17) is 0 Å². The molecular weight excluding hydrogens is 230 g/mol. The van der Waals surface area contributed by atoms with Crippen LogP contribution in [-0.4, -0.2) is 29.0 Å². The molecule has 1 aliphatic carbocycles. The van der Waals surface area contributed by atoms with E-state index in [1.54, 1.807) is 0 Å². The van der Waals surface area contributed by atoms with Crippen molar-refractivity contribution in [1.82, 2.24) is 15.6 Å². The molecule has 5 heteroatoms. The second kappa shape index (κ2) is 4.24. The summed E-state index contributed by atoms with van der Waals surface area (Å²) < 4.78 is 0. The molecule has 2 heterocycles. The fourth-order valence-electron chi connectivity index (χ4n) is 2.97. The average Bonchev–Trinajstić information content (AvgIpc) is 2.72. The zero-order valence-corrected chi connectivity index (χ0v) is 10.2. The number of rotatable bonds is 2. The molecule has 5 nitrogen and oxygen atoms in total. The van der Waals surface area contributed by atoms with Crippen molar-refractivity contribution >= 4 is 5.91 Å². The predicted octanol–water partition coefficient (Wildman–Crippen LogP) is 0.389. The molecule has 1 saturated heterocycles. The van der Waals surface area contributed by atoms with Gasteiger partial charge in [0.25, 0.3) is 5.91 Å². The van der Waals surface area contributed by atoms with E-state index in [9.17, 15) is 9.59 Å². The first-order valence-electron chi connectivity index (χ1n) is 6.44. The van der Waals surface area contributed by atoms with E-state index in [1.165, 1.54) is 24.8 Å². The highest BCUT2D eigenvalue weighted by atomic mass is 16.2. The highest BCUT2D eigenvalue weighted by Crippen LogP contribution is 2.39. The van der Waals surface area contributed by atoms with Gasteiger partial charge in [-0.05, 0) is 32.2 Å². The lowest BCUT2D eigenvalue weighted by atomic mass is 9.73. The summed E-state index contributed by atoms with van der Waals surface area (Å²) in [4.78, 5) is 26.1. The SMILES string of the molecule is O=C(NC1CCNC12CCC2)c1cc(=O)cc[nH]1. The lowest BCUT2D eigenvalue weighted by Gasteiger charge is -2.43. The summed E-state index contributed by atoms with van der Waals surface area (Å²) in [5.41, 5.74) is 0.302. The van der Waals surface area contributed by atoms with Crippen LogP contribution in [0, 0.1) is 0 Å². The van der Waals surface area contributed by atoms with Crippen molar-refractivity contribution in [3.63, 3.8) is 0 Å². The zero-order chi connectivity index (χ0) is 12.6. The Hall–Kier alpha value is -1.62. The summed E-state index contributed by atoms with van der Waals surface area (Å²) in [5.74, 6) is -0.187. The first-order valence-corrected chi connectivity index (χ1v) is 6.44. The normalized spacial score (nSPS) is 24.8. The van der Waals surface area contributed by atoms with E-state index >= 15 is 0 Å². The van der Waals surface area contributed by atoms with Crippen molar-refractivity contribution in [2.45, 2.75) is 37.3 Å². The quantitative estimate of drug-likeness (QED) is 0.707. The first-order chi connectivity index (χ1) is 8.70. The van der Waals surface area contributed by atoms with Crippen LogP contribution in [0.15, 0.2) is 23.1 Å². The van der Waals surface area contributed by atoms with Gasteiger partial charge in [-0.15, -0.1) is 0 Å². The standard InChI is InChI=1S/C13H17N3O2/c17-9-2-6-14-10(8-9)12(18)16-11-3-7-15-13(11)4-1-5-13/h2,6,8,11,15H,1,3-5,7H2,(H,14,17)(H,16,18). The van der Waals surface area contributed by atoms with Gasteiger partial charge >= 0.3 is 0 Å². The number of pyridine rings is 1. The highest BCUT2D eigenvalue weighted by molar-refractivity contribution is 5.92. The molecule has 3 rings (SSSR count). The highest BCUT2D eigenvalue weighted by Gasteiger charge is 2.47. The molecule has 0 bridgehead atoms. The third kappa shape index (κ3) is 1.84. The minimum absolute atomic E-state index is 0.116. The number of amides is 1. The van der Waals surface area contributed by atoms with Crippen LogP contribution in [-0.2, 0) is 0 Å². The van der Waals surface area contributed by atoms with Crippen molar-refractivity contribution < 1.29 is 4.79 Å². The number of aromatic amines is 1. The molecule has 1 amide bonds. The molecule has 1 spiro atoms. The fraction of sp³-hybridized carbons (Fsp3) is 0.538. The smallest absolute Gasteiger partial charge is 0.268 e. The second-order valence-electron chi connectivity index (χ2n) is 5.19. The van der Waals surface area contributed by atoms with Gasteiger partial charge in [0.15, 0.2) is 5.43 Å². The number of nitrogens with one attached hydrogen (secondary N) is 3. The molecule has 1 aromatic rings. The lowest BCUT2D eigenvalue weighted by Crippen LogP contribution is -2.59. The summed E-state index contributed by atoms with van der Waals surface area (Å²) in [5, 5.41) is 6.54. The third-order valence-corrected chi connectivity index (χ3v) is 4.15. The first kappa shape index (κ1) is 11.5. The summed E-state index contributed by atoms with van der Waals surface area (Å²) >= 11 is 0. The summed E-state index contributed by atoms with van der Waals surface area (Å²) in [6.07, 6.45) is 5.94. The monoisotopic (exact) mass is 247 g/mol. The Labute approximate surface area is 105 Å². The Morgan fingerprint density at radius 1 is 1.44 bits per heavy atom. The van der Waals surface area contributed by atoms with E-state index in [0.717, 1.165) is 25.8 Å². The molecule has 96 valence electrons.